The van der Waals surface area contributed by atoms with Crippen LogP contribution in [-0.2, 0) is 0 Å². The minimum Gasteiger partial charge on any atom is -0.482 e. The molecular weight excluding hydrogens is 278 g/mol. The molecule has 0 aliphatic rings. The Morgan fingerprint density at radius 2 is 1.89 bits per heavy atom. The standard InChI is InChI=1S/C15H18ClNOS/c1-10(2)14(17)15(13-8-5-9-19-13)18-12-7-4-3-6-11(12)16/h3-10,14-15H,17H2,1-2H3. The molecule has 0 fully saturated rings. The zero-order valence-corrected chi connectivity index (χ0v) is 12.6. The SMILES string of the molecule is CC(C)C(N)C(Oc1ccccc1Cl)c1cccs1. The summed E-state index contributed by atoms with van der Waals surface area (Å²) < 4.78 is 6.07. The van der Waals surface area contributed by atoms with E-state index in [0.29, 0.717) is 16.7 Å². The predicted octanol–water partition coefficient (Wildman–Crippen LogP) is 4.50. The fraction of sp³-hybridized carbons (Fsp3) is 0.333. The van der Waals surface area contributed by atoms with Crippen LogP contribution in [-0.4, -0.2) is 6.04 Å². The summed E-state index contributed by atoms with van der Waals surface area (Å²) in [5, 5.41) is 2.64. The van der Waals surface area contributed by atoms with Crippen molar-refractivity contribution in [2.45, 2.75) is 26.0 Å². The molecule has 1 aromatic carbocycles. The van der Waals surface area contributed by atoms with E-state index in [4.69, 9.17) is 22.1 Å². The molecule has 0 bridgehead atoms. The first-order valence-corrected chi connectivity index (χ1v) is 7.55. The summed E-state index contributed by atoms with van der Waals surface area (Å²) in [6.07, 6.45) is -0.167. The van der Waals surface area contributed by atoms with Gasteiger partial charge >= 0.3 is 0 Å². The van der Waals surface area contributed by atoms with Crippen LogP contribution in [0.15, 0.2) is 41.8 Å². The third-order valence-electron chi connectivity index (χ3n) is 3.03. The Labute approximate surface area is 123 Å². The summed E-state index contributed by atoms with van der Waals surface area (Å²) in [7, 11) is 0. The number of ether oxygens (including phenoxy) is 1. The van der Waals surface area contributed by atoms with E-state index in [1.807, 2.05) is 35.7 Å². The van der Waals surface area contributed by atoms with Gasteiger partial charge in [-0.2, -0.15) is 0 Å². The van der Waals surface area contributed by atoms with Crippen LogP contribution in [0.5, 0.6) is 5.75 Å². The monoisotopic (exact) mass is 295 g/mol. The van der Waals surface area contributed by atoms with E-state index >= 15 is 0 Å². The van der Waals surface area contributed by atoms with Gasteiger partial charge in [0.05, 0.1) is 5.02 Å². The van der Waals surface area contributed by atoms with E-state index in [1.165, 1.54) is 0 Å². The van der Waals surface area contributed by atoms with Crippen LogP contribution < -0.4 is 10.5 Å². The van der Waals surface area contributed by atoms with Gasteiger partial charge in [-0.25, -0.2) is 0 Å². The Kier molecular flexibility index (Phi) is 4.86. The molecule has 2 rings (SSSR count). The molecule has 0 radical (unpaired) electrons. The zero-order valence-electron chi connectivity index (χ0n) is 11.0. The van der Waals surface area contributed by atoms with E-state index in [-0.39, 0.29) is 12.1 Å². The Morgan fingerprint density at radius 3 is 2.47 bits per heavy atom. The average Bonchev–Trinajstić information content (AvgIpc) is 2.90. The van der Waals surface area contributed by atoms with Crippen LogP contribution in [0.3, 0.4) is 0 Å². The number of halogens is 1. The van der Waals surface area contributed by atoms with Gasteiger partial charge in [0.1, 0.15) is 11.9 Å². The highest BCUT2D eigenvalue weighted by molar-refractivity contribution is 7.10. The van der Waals surface area contributed by atoms with Crippen LogP contribution in [0.25, 0.3) is 0 Å². The predicted molar refractivity (Wildman–Crippen MR) is 82.0 cm³/mol. The highest BCUT2D eigenvalue weighted by Gasteiger charge is 2.26. The van der Waals surface area contributed by atoms with E-state index in [0.717, 1.165) is 4.88 Å². The summed E-state index contributed by atoms with van der Waals surface area (Å²) in [6, 6.07) is 11.5. The van der Waals surface area contributed by atoms with Crippen molar-refractivity contribution in [3.63, 3.8) is 0 Å². The van der Waals surface area contributed by atoms with Gasteiger partial charge in [-0.1, -0.05) is 43.6 Å². The van der Waals surface area contributed by atoms with Crippen molar-refractivity contribution in [2.75, 3.05) is 0 Å². The number of benzene rings is 1. The van der Waals surface area contributed by atoms with Crippen molar-refractivity contribution in [3.05, 3.63) is 51.7 Å². The highest BCUT2D eigenvalue weighted by Crippen LogP contribution is 2.33. The fourth-order valence-corrected chi connectivity index (χ4v) is 2.80. The first-order chi connectivity index (χ1) is 9.09. The van der Waals surface area contributed by atoms with Crippen LogP contribution in [0.2, 0.25) is 5.02 Å². The molecule has 0 saturated carbocycles. The number of thiophene rings is 1. The fourth-order valence-electron chi connectivity index (χ4n) is 1.81. The first kappa shape index (κ1) is 14.4. The Bertz CT molecular complexity index is 513. The second kappa shape index (κ2) is 6.42. The van der Waals surface area contributed by atoms with Gasteiger partial charge in [0.15, 0.2) is 0 Å². The molecule has 1 heterocycles. The molecule has 2 atom stereocenters. The number of hydrogen-bond acceptors (Lipinski definition) is 3. The normalized spacial score (nSPS) is 14.4. The first-order valence-electron chi connectivity index (χ1n) is 6.29. The van der Waals surface area contributed by atoms with Crippen LogP contribution in [0.1, 0.15) is 24.8 Å². The lowest BCUT2D eigenvalue weighted by Crippen LogP contribution is -2.36. The van der Waals surface area contributed by atoms with E-state index in [9.17, 15) is 0 Å². The van der Waals surface area contributed by atoms with Gasteiger partial charge in [-0.05, 0) is 29.5 Å². The molecule has 1 aromatic heterocycles. The third-order valence-corrected chi connectivity index (χ3v) is 4.28. The summed E-state index contributed by atoms with van der Waals surface area (Å²) >= 11 is 7.81. The molecule has 4 heteroatoms. The Hall–Kier alpha value is -1.03. The quantitative estimate of drug-likeness (QED) is 0.881. The van der Waals surface area contributed by atoms with E-state index in [2.05, 4.69) is 19.9 Å². The second-order valence-corrected chi connectivity index (χ2v) is 6.19. The van der Waals surface area contributed by atoms with Crippen molar-refractivity contribution >= 4 is 22.9 Å². The maximum absolute atomic E-state index is 6.29. The molecule has 102 valence electrons. The minimum atomic E-state index is -0.167. The zero-order chi connectivity index (χ0) is 13.8. The summed E-state index contributed by atoms with van der Waals surface area (Å²) in [4.78, 5) is 1.13. The number of hydrogen-bond donors (Lipinski definition) is 1. The molecule has 0 amide bonds. The van der Waals surface area contributed by atoms with Crippen molar-refractivity contribution in [1.82, 2.24) is 0 Å². The van der Waals surface area contributed by atoms with Gasteiger partial charge in [0, 0.05) is 10.9 Å². The van der Waals surface area contributed by atoms with Crippen molar-refractivity contribution in [2.24, 2.45) is 11.7 Å². The molecule has 19 heavy (non-hydrogen) atoms. The minimum absolute atomic E-state index is 0.0741. The third kappa shape index (κ3) is 3.50. The molecule has 2 nitrogen and oxygen atoms in total. The van der Waals surface area contributed by atoms with Gasteiger partial charge < -0.3 is 10.5 Å². The molecule has 0 aliphatic heterocycles. The van der Waals surface area contributed by atoms with Crippen molar-refractivity contribution < 1.29 is 4.74 Å². The van der Waals surface area contributed by atoms with Crippen LogP contribution in [0, 0.1) is 5.92 Å². The molecule has 2 aromatic rings. The smallest absolute Gasteiger partial charge is 0.148 e. The number of rotatable bonds is 5. The molecule has 2 unspecified atom stereocenters. The number of para-hydroxylation sites is 1. The average molecular weight is 296 g/mol. The molecule has 2 N–H and O–H groups in total. The molecular formula is C15H18ClNOS. The second-order valence-electron chi connectivity index (χ2n) is 4.81. The maximum Gasteiger partial charge on any atom is 0.148 e. The van der Waals surface area contributed by atoms with Gasteiger partial charge in [-0.3, -0.25) is 0 Å². The largest absolute Gasteiger partial charge is 0.482 e. The maximum atomic E-state index is 6.29. The Balaban J connectivity index is 2.27. The topological polar surface area (TPSA) is 35.2 Å². The summed E-state index contributed by atoms with van der Waals surface area (Å²) in [5.74, 6) is 1.01. The lowest BCUT2D eigenvalue weighted by molar-refractivity contribution is 0.154. The Morgan fingerprint density at radius 1 is 1.16 bits per heavy atom. The van der Waals surface area contributed by atoms with E-state index in [1.54, 1.807) is 11.3 Å². The van der Waals surface area contributed by atoms with Gasteiger partial charge in [-0.15, -0.1) is 11.3 Å². The molecule has 0 saturated heterocycles. The van der Waals surface area contributed by atoms with Crippen LogP contribution in [0.4, 0.5) is 0 Å². The van der Waals surface area contributed by atoms with Crippen LogP contribution >= 0.6 is 22.9 Å². The molecule has 0 spiro atoms. The van der Waals surface area contributed by atoms with Gasteiger partial charge in [0.25, 0.3) is 0 Å². The van der Waals surface area contributed by atoms with Gasteiger partial charge in [0.2, 0.25) is 0 Å². The number of nitrogens with two attached hydrogens (primary N) is 1. The highest BCUT2D eigenvalue weighted by atomic mass is 35.5. The van der Waals surface area contributed by atoms with E-state index < -0.39 is 0 Å². The lowest BCUT2D eigenvalue weighted by atomic mass is 9.98. The molecule has 0 aliphatic carbocycles. The lowest BCUT2D eigenvalue weighted by Gasteiger charge is -2.27. The summed E-state index contributed by atoms with van der Waals surface area (Å²) in [6.45, 7) is 4.20. The summed E-state index contributed by atoms with van der Waals surface area (Å²) in [5.41, 5.74) is 6.29. The van der Waals surface area contributed by atoms with Crippen molar-refractivity contribution in [3.8, 4) is 5.75 Å². The van der Waals surface area contributed by atoms with Crippen molar-refractivity contribution in [1.29, 1.82) is 0 Å².